The second-order valence-electron chi connectivity index (χ2n) is 9.68. The molecule has 1 amide bonds. The Labute approximate surface area is 223 Å². The molecule has 3 aromatic carbocycles. The fraction of sp³-hybridized carbons (Fsp3) is 0.323. The van der Waals surface area contributed by atoms with Crippen LogP contribution in [-0.4, -0.2) is 45.0 Å². The number of nitrogens with zero attached hydrogens (tertiary/aromatic N) is 1. The van der Waals surface area contributed by atoms with Gasteiger partial charge < -0.3 is 28.6 Å². The summed E-state index contributed by atoms with van der Waals surface area (Å²) < 4.78 is 28.2. The SMILES string of the molecule is COc1cc2c(cc1OC)C(COc1ccc(C(C)C)cc1)N(C(=O)/C=C/c1ccc3c(c1)OCO3)CC2. The number of hydrogen-bond donors (Lipinski definition) is 0. The topological polar surface area (TPSA) is 66.5 Å². The van der Waals surface area contributed by atoms with E-state index in [1.165, 1.54) is 5.56 Å². The standard InChI is InChI=1S/C31H33NO6/c1-20(2)22-7-9-24(10-8-22)36-18-26-25-17-29(35-4)28(34-3)16-23(25)13-14-32(26)31(33)12-6-21-5-11-27-30(15-21)38-19-37-27/h5-12,15-17,20,26H,13-14,18-19H2,1-4H3/b12-6+. The molecule has 0 fully saturated rings. The van der Waals surface area contributed by atoms with Gasteiger partial charge in [0, 0.05) is 12.6 Å². The third-order valence-corrected chi connectivity index (χ3v) is 7.06. The molecule has 3 aromatic rings. The number of carbonyl (C=O) groups excluding carboxylic acids is 1. The first-order valence-corrected chi connectivity index (χ1v) is 12.8. The zero-order chi connectivity index (χ0) is 26.6. The summed E-state index contributed by atoms with van der Waals surface area (Å²) in [7, 11) is 3.25. The normalized spacial score (nSPS) is 16.0. The molecule has 1 atom stereocenters. The van der Waals surface area contributed by atoms with Gasteiger partial charge in [-0.3, -0.25) is 4.79 Å². The van der Waals surface area contributed by atoms with Gasteiger partial charge in [-0.05, 0) is 77.1 Å². The number of benzene rings is 3. The van der Waals surface area contributed by atoms with Gasteiger partial charge in [-0.25, -0.2) is 0 Å². The lowest BCUT2D eigenvalue weighted by Gasteiger charge is -2.37. The number of methoxy groups -OCH3 is 2. The number of amides is 1. The third kappa shape index (κ3) is 5.28. The first-order chi connectivity index (χ1) is 18.5. The fourth-order valence-electron chi connectivity index (χ4n) is 4.88. The molecule has 0 aliphatic carbocycles. The fourth-order valence-corrected chi connectivity index (χ4v) is 4.88. The Balaban J connectivity index is 1.41. The maximum atomic E-state index is 13.5. The molecule has 0 N–H and O–H groups in total. The van der Waals surface area contributed by atoms with Crippen molar-refractivity contribution in [1.82, 2.24) is 4.90 Å². The average molecular weight is 516 g/mol. The number of hydrogen-bond acceptors (Lipinski definition) is 6. The second-order valence-corrected chi connectivity index (χ2v) is 9.68. The van der Waals surface area contributed by atoms with Crippen molar-refractivity contribution < 1.29 is 28.5 Å². The Morgan fingerprint density at radius 3 is 2.47 bits per heavy atom. The molecular formula is C31H33NO6. The van der Waals surface area contributed by atoms with Crippen LogP contribution in [0.4, 0.5) is 0 Å². The van der Waals surface area contributed by atoms with Crippen molar-refractivity contribution in [3.05, 3.63) is 82.9 Å². The van der Waals surface area contributed by atoms with Crippen molar-refractivity contribution >= 4 is 12.0 Å². The van der Waals surface area contributed by atoms with Crippen LogP contribution in [0.5, 0.6) is 28.7 Å². The van der Waals surface area contributed by atoms with Crippen LogP contribution in [0.2, 0.25) is 0 Å². The van der Waals surface area contributed by atoms with E-state index in [-0.39, 0.29) is 18.7 Å². The number of ether oxygens (including phenoxy) is 5. The minimum absolute atomic E-state index is 0.0909. The zero-order valence-corrected chi connectivity index (χ0v) is 22.2. The van der Waals surface area contributed by atoms with E-state index in [2.05, 4.69) is 26.0 Å². The van der Waals surface area contributed by atoms with Crippen molar-refractivity contribution in [3.8, 4) is 28.7 Å². The van der Waals surface area contributed by atoms with Gasteiger partial charge in [-0.15, -0.1) is 0 Å². The van der Waals surface area contributed by atoms with Crippen LogP contribution < -0.4 is 23.7 Å². The molecule has 2 aliphatic heterocycles. The summed E-state index contributed by atoms with van der Waals surface area (Å²) in [6, 6.07) is 17.4. The number of fused-ring (bicyclic) bond motifs is 2. The van der Waals surface area contributed by atoms with E-state index < -0.39 is 0 Å². The van der Waals surface area contributed by atoms with Gasteiger partial charge in [-0.1, -0.05) is 32.0 Å². The molecule has 7 nitrogen and oxygen atoms in total. The minimum atomic E-state index is -0.294. The van der Waals surface area contributed by atoms with Crippen LogP contribution >= 0.6 is 0 Å². The minimum Gasteiger partial charge on any atom is -0.493 e. The van der Waals surface area contributed by atoms with Gasteiger partial charge in [0.2, 0.25) is 12.7 Å². The summed E-state index contributed by atoms with van der Waals surface area (Å²) in [6.07, 6.45) is 4.11. The molecule has 1 unspecified atom stereocenters. The average Bonchev–Trinajstić information content (AvgIpc) is 3.42. The Morgan fingerprint density at radius 1 is 1.00 bits per heavy atom. The van der Waals surface area contributed by atoms with E-state index in [1.54, 1.807) is 26.4 Å². The molecule has 0 radical (unpaired) electrons. The van der Waals surface area contributed by atoms with Crippen LogP contribution in [0.1, 0.15) is 48.1 Å². The van der Waals surface area contributed by atoms with E-state index in [9.17, 15) is 4.79 Å². The highest BCUT2D eigenvalue weighted by Crippen LogP contribution is 2.39. The molecule has 198 valence electrons. The van der Waals surface area contributed by atoms with Crippen LogP contribution in [0.15, 0.2) is 60.7 Å². The molecule has 0 saturated carbocycles. The van der Waals surface area contributed by atoms with Crippen molar-refractivity contribution in [2.45, 2.75) is 32.2 Å². The van der Waals surface area contributed by atoms with Crippen LogP contribution in [0.3, 0.4) is 0 Å². The van der Waals surface area contributed by atoms with E-state index in [1.807, 2.05) is 47.4 Å². The Bertz CT molecular complexity index is 1330. The highest BCUT2D eigenvalue weighted by molar-refractivity contribution is 5.92. The monoisotopic (exact) mass is 515 g/mol. The second kappa shape index (κ2) is 11.1. The predicted octanol–water partition coefficient (Wildman–Crippen LogP) is 5.77. The highest BCUT2D eigenvalue weighted by Gasteiger charge is 2.32. The Hall–Kier alpha value is -4.13. The molecule has 5 rings (SSSR count). The summed E-state index contributed by atoms with van der Waals surface area (Å²) in [5.74, 6) is 3.82. The van der Waals surface area contributed by atoms with Crippen LogP contribution in [0, 0.1) is 0 Å². The van der Waals surface area contributed by atoms with Crippen LogP contribution in [-0.2, 0) is 11.2 Å². The van der Waals surface area contributed by atoms with Gasteiger partial charge in [0.05, 0.1) is 20.3 Å². The molecule has 0 saturated heterocycles. The largest absolute Gasteiger partial charge is 0.493 e. The summed E-state index contributed by atoms with van der Waals surface area (Å²) >= 11 is 0. The van der Waals surface area contributed by atoms with Gasteiger partial charge in [0.25, 0.3) is 0 Å². The lowest BCUT2D eigenvalue weighted by molar-refractivity contribution is -0.129. The predicted molar refractivity (Wildman–Crippen MR) is 145 cm³/mol. The maximum absolute atomic E-state index is 13.5. The highest BCUT2D eigenvalue weighted by atomic mass is 16.7. The van der Waals surface area contributed by atoms with E-state index in [0.717, 1.165) is 22.4 Å². The molecule has 38 heavy (non-hydrogen) atoms. The lowest BCUT2D eigenvalue weighted by atomic mass is 9.92. The van der Waals surface area contributed by atoms with E-state index >= 15 is 0 Å². The van der Waals surface area contributed by atoms with Crippen molar-refractivity contribution in [1.29, 1.82) is 0 Å². The molecule has 0 bridgehead atoms. The summed E-state index contributed by atoms with van der Waals surface area (Å²) in [6.45, 7) is 5.42. The molecule has 2 aliphatic rings. The lowest BCUT2D eigenvalue weighted by Crippen LogP contribution is -2.41. The molecule has 0 aromatic heterocycles. The quantitative estimate of drug-likeness (QED) is 0.355. The van der Waals surface area contributed by atoms with Gasteiger partial charge >= 0.3 is 0 Å². The summed E-state index contributed by atoms with van der Waals surface area (Å²) in [5.41, 5.74) is 4.24. The van der Waals surface area contributed by atoms with Crippen molar-refractivity contribution in [3.63, 3.8) is 0 Å². The number of rotatable bonds is 8. The molecule has 0 spiro atoms. The van der Waals surface area contributed by atoms with Gasteiger partial charge in [-0.2, -0.15) is 0 Å². The van der Waals surface area contributed by atoms with E-state index in [0.29, 0.717) is 48.5 Å². The smallest absolute Gasteiger partial charge is 0.247 e. The van der Waals surface area contributed by atoms with E-state index in [4.69, 9.17) is 23.7 Å². The van der Waals surface area contributed by atoms with Crippen molar-refractivity contribution in [2.24, 2.45) is 0 Å². The van der Waals surface area contributed by atoms with Gasteiger partial charge in [0.1, 0.15) is 12.4 Å². The number of carbonyl (C=O) groups is 1. The molecule has 7 heteroatoms. The van der Waals surface area contributed by atoms with Crippen molar-refractivity contribution in [2.75, 3.05) is 34.2 Å². The summed E-state index contributed by atoms with van der Waals surface area (Å²) in [4.78, 5) is 15.4. The summed E-state index contributed by atoms with van der Waals surface area (Å²) in [5, 5.41) is 0. The maximum Gasteiger partial charge on any atom is 0.247 e. The molecule has 2 heterocycles. The zero-order valence-electron chi connectivity index (χ0n) is 22.2. The van der Waals surface area contributed by atoms with Crippen LogP contribution in [0.25, 0.3) is 6.08 Å². The third-order valence-electron chi connectivity index (χ3n) is 7.06. The Kier molecular flexibility index (Phi) is 7.45. The first kappa shape index (κ1) is 25.5. The Morgan fingerprint density at radius 2 is 1.74 bits per heavy atom. The first-order valence-electron chi connectivity index (χ1n) is 12.8. The van der Waals surface area contributed by atoms with Gasteiger partial charge in [0.15, 0.2) is 23.0 Å². The molecular weight excluding hydrogens is 482 g/mol.